The Morgan fingerprint density at radius 1 is 1.17 bits per heavy atom. The summed E-state index contributed by atoms with van der Waals surface area (Å²) in [5.41, 5.74) is 7.71. The number of thiocarbonyl (C=S) groups is 1. The van der Waals surface area contributed by atoms with Crippen molar-refractivity contribution >= 4 is 22.9 Å². The van der Waals surface area contributed by atoms with Gasteiger partial charge < -0.3 is 11.1 Å². The maximum atomic E-state index is 5.60. The van der Waals surface area contributed by atoms with Crippen LogP contribution in [0.25, 0.3) is 0 Å². The van der Waals surface area contributed by atoms with Crippen LogP contribution in [0.3, 0.4) is 0 Å². The molecule has 2 unspecified atom stereocenters. The third-order valence-corrected chi connectivity index (χ3v) is 4.03. The smallest absolute Gasteiger partial charge is 0.103 e. The maximum absolute atomic E-state index is 5.60. The van der Waals surface area contributed by atoms with Crippen LogP contribution in [0, 0.1) is 5.92 Å². The van der Waals surface area contributed by atoms with E-state index in [9.17, 15) is 0 Å². The molecule has 0 saturated heterocycles. The number of benzene rings is 1. The zero-order valence-electron chi connectivity index (χ0n) is 11.0. The molecule has 18 heavy (non-hydrogen) atoms. The van der Waals surface area contributed by atoms with Gasteiger partial charge >= 0.3 is 0 Å². The van der Waals surface area contributed by atoms with E-state index in [-0.39, 0.29) is 0 Å². The molecular weight excluding hydrogens is 240 g/mol. The van der Waals surface area contributed by atoms with Crippen molar-refractivity contribution in [2.45, 2.75) is 45.1 Å². The van der Waals surface area contributed by atoms with Crippen LogP contribution in [0.15, 0.2) is 24.3 Å². The van der Waals surface area contributed by atoms with Crippen molar-refractivity contribution in [3.05, 3.63) is 29.8 Å². The fourth-order valence-electron chi connectivity index (χ4n) is 2.60. The minimum Gasteiger partial charge on any atom is -0.389 e. The summed E-state index contributed by atoms with van der Waals surface area (Å²) >= 11 is 4.95. The van der Waals surface area contributed by atoms with E-state index in [1.165, 1.54) is 37.8 Å². The van der Waals surface area contributed by atoms with E-state index in [4.69, 9.17) is 18.0 Å². The lowest BCUT2D eigenvalue weighted by Crippen LogP contribution is -2.18. The van der Waals surface area contributed by atoms with Crippen molar-refractivity contribution in [3.63, 3.8) is 0 Å². The largest absolute Gasteiger partial charge is 0.389 e. The van der Waals surface area contributed by atoms with Gasteiger partial charge in [0.2, 0.25) is 0 Å². The summed E-state index contributed by atoms with van der Waals surface area (Å²) < 4.78 is 0. The molecule has 3 N–H and O–H groups in total. The Morgan fingerprint density at radius 3 is 2.56 bits per heavy atom. The lowest BCUT2D eigenvalue weighted by atomic mass is 10.0. The predicted molar refractivity (Wildman–Crippen MR) is 82.0 cm³/mol. The number of nitrogens with one attached hydrogen (secondary N) is 1. The molecule has 0 aromatic heterocycles. The van der Waals surface area contributed by atoms with Gasteiger partial charge in [-0.15, -0.1) is 0 Å². The summed E-state index contributed by atoms with van der Waals surface area (Å²) in [5.74, 6) is 0.883. The normalized spacial score (nSPS) is 24.3. The van der Waals surface area contributed by atoms with Crippen molar-refractivity contribution in [2.75, 3.05) is 5.32 Å². The van der Waals surface area contributed by atoms with Crippen LogP contribution >= 0.6 is 12.2 Å². The minimum atomic E-state index is 0.463. The molecule has 0 spiro atoms. The van der Waals surface area contributed by atoms with Gasteiger partial charge in [0.05, 0.1) is 0 Å². The first-order valence-electron chi connectivity index (χ1n) is 6.81. The number of hydrogen-bond donors (Lipinski definition) is 2. The number of anilines is 1. The summed E-state index contributed by atoms with van der Waals surface area (Å²) in [5, 5.41) is 3.62. The first-order chi connectivity index (χ1) is 8.65. The first-order valence-corrected chi connectivity index (χ1v) is 7.22. The van der Waals surface area contributed by atoms with Gasteiger partial charge in [0.1, 0.15) is 4.99 Å². The van der Waals surface area contributed by atoms with Gasteiger partial charge in [-0.3, -0.25) is 0 Å². The highest BCUT2D eigenvalue weighted by atomic mass is 32.1. The Bertz CT molecular complexity index is 399. The maximum Gasteiger partial charge on any atom is 0.103 e. The molecule has 1 aliphatic carbocycles. The summed E-state index contributed by atoms with van der Waals surface area (Å²) in [7, 11) is 0. The molecule has 1 fully saturated rings. The highest BCUT2D eigenvalue weighted by Gasteiger charge is 2.15. The fourth-order valence-corrected chi connectivity index (χ4v) is 2.73. The van der Waals surface area contributed by atoms with Crippen LogP contribution in [0.2, 0.25) is 0 Å². The first kappa shape index (κ1) is 13.3. The van der Waals surface area contributed by atoms with Crippen molar-refractivity contribution in [3.8, 4) is 0 Å². The summed E-state index contributed by atoms with van der Waals surface area (Å²) in [6.07, 6.45) is 6.60. The number of hydrogen-bond acceptors (Lipinski definition) is 2. The van der Waals surface area contributed by atoms with Crippen molar-refractivity contribution in [2.24, 2.45) is 11.7 Å². The van der Waals surface area contributed by atoms with Crippen LogP contribution in [-0.4, -0.2) is 11.0 Å². The van der Waals surface area contributed by atoms with Crippen LogP contribution in [-0.2, 0) is 0 Å². The molecule has 2 nitrogen and oxygen atoms in total. The van der Waals surface area contributed by atoms with Gasteiger partial charge in [0, 0.05) is 17.3 Å². The van der Waals surface area contributed by atoms with E-state index in [2.05, 4.69) is 24.4 Å². The Labute approximate surface area is 115 Å². The predicted octanol–water partition coefficient (Wildman–Crippen LogP) is 3.70. The van der Waals surface area contributed by atoms with Crippen molar-refractivity contribution in [1.29, 1.82) is 0 Å². The van der Waals surface area contributed by atoms with E-state index >= 15 is 0 Å². The second kappa shape index (κ2) is 6.19. The van der Waals surface area contributed by atoms with E-state index in [1.54, 1.807) is 0 Å². The third-order valence-electron chi connectivity index (χ3n) is 3.80. The van der Waals surface area contributed by atoms with Crippen LogP contribution in [0.1, 0.15) is 44.6 Å². The van der Waals surface area contributed by atoms with E-state index in [0.29, 0.717) is 11.0 Å². The van der Waals surface area contributed by atoms with Gasteiger partial charge in [-0.05, 0) is 49.4 Å². The molecule has 98 valence electrons. The fraction of sp³-hybridized carbons (Fsp3) is 0.533. The minimum absolute atomic E-state index is 0.463. The molecule has 1 aromatic rings. The molecular formula is C15H22N2S. The quantitative estimate of drug-likeness (QED) is 0.644. The number of nitrogens with two attached hydrogens (primary N) is 1. The molecule has 1 aromatic carbocycles. The van der Waals surface area contributed by atoms with Crippen molar-refractivity contribution < 1.29 is 0 Å². The highest BCUT2D eigenvalue weighted by Crippen LogP contribution is 2.25. The molecule has 1 saturated carbocycles. The Kier molecular flexibility index (Phi) is 4.59. The summed E-state index contributed by atoms with van der Waals surface area (Å²) in [6, 6.07) is 8.74. The molecule has 0 aliphatic heterocycles. The molecule has 2 rings (SSSR count). The lowest BCUT2D eigenvalue weighted by molar-refractivity contribution is 0.502. The second-order valence-electron chi connectivity index (χ2n) is 5.40. The van der Waals surface area contributed by atoms with E-state index in [0.717, 1.165) is 11.5 Å². The van der Waals surface area contributed by atoms with Gasteiger partial charge in [-0.25, -0.2) is 0 Å². The average Bonchev–Trinajstić information content (AvgIpc) is 2.55. The molecule has 0 radical (unpaired) electrons. The average molecular weight is 262 g/mol. The molecule has 3 heteroatoms. The zero-order chi connectivity index (χ0) is 13.0. The Morgan fingerprint density at radius 2 is 1.89 bits per heavy atom. The summed E-state index contributed by atoms with van der Waals surface area (Å²) in [4.78, 5) is 0.463. The molecule has 1 aliphatic rings. The SMILES string of the molecule is CC1CCCC(Nc2ccc(C(N)=S)cc2)CC1. The monoisotopic (exact) mass is 262 g/mol. The third kappa shape index (κ3) is 3.70. The zero-order valence-corrected chi connectivity index (χ0v) is 11.8. The van der Waals surface area contributed by atoms with E-state index in [1.807, 2.05) is 12.1 Å². The molecule has 2 atom stereocenters. The number of rotatable bonds is 3. The molecule has 0 bridgehead atoms. The summed E-state index contributed by atoms with van der Waals surface area (Å²) in [6.45, 7) is 2.36. The topological polar surface area (TPSA) is 38.0 Å². The van der Waals surface area contributed by atoms with Crippen LogP contribution in [0.5, 0.6) is 0 Å². The second-order valence-corrected chi connectivity index (χ2v) is 5.84. The standard InChI is InChI=1S/C15H22N2S/c1-11-3-2-4-13(8-5-11)17-14-9-6-12(7-10-14)15(16)18/h6-7,9-11,13,17H,2-5,8H2,1H3,(H2,16,18). The van der Waals surface area contributed by atoms with Crippen LogP contribution < -0.4 is 11.1 Å². The Hall–Kier alpha value is -1.09. The van der Waals surface area contributed by atoms with Crippen LogP contribution in [0.4, 0.5) is 5.69 Å². The van der Waals surface area contributed by atoms with Gasteiger partial charge in [0.15, 0.2) is 0 Å². The Balaban J connectivity index is 1.94. The van der Waals surface area contributed by atoms with Crippen molar-refractivity contribution in [1.82, 2.24) is 0 Å². The van der Waals surface area contributed by atoms with Gasteiger partial charge in [0.25, 0.3) is 0 Å². The van der Waals surface area contributed by atoms with E-state index < -0.39 is 0 Å². The molecule has 0 amide bonds. The lowest BCUT2D eigenvalue weighted by Gasteiger charge is -2.18. The van der Waals surface area contributed by atoms with Gasteiger partial charge in [-0.1, -0.05) is 32.0 Å². The molecule has 0 heterocycles. The van der Waals surface area contributed by atoms with Gasteiger partial charge in [-0.2, -0.15) is 0 Å². The highest BCUT2D eigenvalue weighted by molar-refractivity contribution is 7.80.